The highest BCUT2D eigenvalue weighted by atomic mass is 16.4. The third-order valence-electron chi connectivity index (χ3n) is 3.78. The second kappa shape index (κ2) is 7.03. The summed E-state index contributed by atoms with van der Waals surface area (Å²) in [6.45, 7) is 1.91. The van der Waals surface area contributed by atoms with Crippen LogP contribution in [-0.2, 0) is 11.2 Å². The Labute approximate surface area is 148 Å². The number of fused-ring (bicyclic) bond motifs is 1. The Hall–Kier alpha value is -3.73. The van der Waals surface area contributed by atoms with Gasteiger partial charge in [-0.2, -0.15) is 5.26 Å². The molecule has 0 spiro atoms. The molecule has 1 aromatic carbocycles. The lowest BCUT2D eigenvalue weighted by Crippen LogP contribution is -2.10. The molecule has 2 heterocycles. The van der Waals surface area contributed by atoms with E-state index in [1.54, 1.807) is 30.3 Å². The number of hydrogen-bond donors (Lipinski definition) is 3. The molecule has 0 aliphatic rings. The molecule has 0 bridgehead atoms. The Kier molecular flexibility index (Phi) is 4.62. The highest BCUT2D eigenvalue weighted by Gasteiger charge is 2.19. The van der Waals surface area contributed by atoms with Gasteiger partial charge in [-0.1, -0.05) is 19.1 Å². The fourth-order valence-corrected chi connectivity index (χ4v) is 2.64. The summed E-state index contributed by atoms with van der Waals surface area (Å²) in [5, 5.41) is 21.1. The van der Waals surface area contributed by atoms with Crippen LogP contribution in [0.1, 0.15) is 29.5 Å². The molecule has 0 saturated heterocycles. The van der Waals surface area contributed by atoms with Crippen molar-refractivity contribution in [1.82, 2.24) is 15.0 Å². The Morgan fingerprint density at radius 1 is 1.35 bits per heavy atom. The number of hydrogen-bond acceptors (Lipinski definition) is 5. The minimum atomic E-state index is -1.08. The minimum Gasteiger partial charge on any atom is -0.478 e. The normalized spacial score (nSPS) is 10.5. The number of aromatic carboxylic acids is 1. The lowest BCUT2D eigenvalue weighted by Gasteiger charge is -2.09. The number of nitriles is 1. The van der Waals surface area contributed by atoms with Crippen molar-refractivity contribution in [3.8, 4) is 17.3 Å². The van der Waals surface area contributed by atoms with Crippen LogP contribution < -0.4 is 5.32 Å². The Morgan fingerprint density at radius 3 is 2.85 bits per heavy atom. The molecule has 0 radical (unpaired) electrons. The zero-order chi connectivity index (χ0) is 18.7. The van der Waals surface area contributed by atoms with Gasteiger partial charge < -0.3 is 15.4 Å². The molecule has 0 aliphatic carbocycles. The van der Waals surface area contributed by atoms with Crippen LogP contribution in [0.25, 0.3) is 22.3 Å². The number of aromatic nitrogens is 3. The molecule has 0 aliphatic heterocycles. The van der Waals surface area contributed by atoms with Gasteiger partial charge in [0.25, 0.3) is 0 Å². The Morgan fingerprint density at radius 2 is 2.15 bits per heavy atom. The summed E-state index contributed by atoms with van der Waals surface area (Å²) >= 11 is 0. The molecule has 130 valence electrons. The molecule has 3 N–H and O–H groups in total. The first kappa shape index (κ1) is 17.1. The number of nitrogens with zero attached hydrogens (tertiary/aromatic N) is 3. The van der Waals surface area contributed by atoms with E-state index in [4.69, 9.17) is 5.26 Å². The van der Waals surface area contributed by atoms with Crippen LogP contribution in [0.5, 0.6) is 0 Å². The number of amides is 1. The summed E-state index contributed by atoms with van der Waals surface area (Å²) in [4.78, 5) is 34.9. The maximum absolute atomic E-state index is 11.6. The lowest BCUT2D eigenvalue weighted by molar-refractivity contribution is -0.115. The predicted octanol–water partition coefficient (Wildman–Crippen LogP) is 2.74. The number of carboxylic acids is 1. The van der Waals surface area contributed by atoms with Gasteiger partial charge in [0.15, 0.2) is 0 Å². The second-order valence-corrected chi connectivity index (χ2v) is 5.54. The van der Waals surface area contributed by atoms with Crippen LogP contribution in [0.15, 0.2) is 30.5 Å². The summed E-state index contributed by atoms with van der Waals surface area (Å²) in [6, 6.07) is 8.67. The van der Waals surface area contributed by atoms with E-state index in [1.807, 2.05) is 6.92 Å². The fourth-order valence-electron chi connectivity index (χ4n) is 2.64. The van der Waals surface area contributed by atoms with E-state index in [1.165, 1.54) is 6.20 Å². The van der Waals surface area contributed by atoms with Crippen molar-refractivity contribution in [2.24, 2.45) is 0 Å². The molecule has 0 saturated carbocycles. The first-order valence-electron chi connectivity index (χ1n) is 7.92. The van der Waals surface area contributed by atoms with Crippen molar-refractivity contribution in [3.05, 3.63) is 41.9 Å². The molecular weight excluding hydrogens is 334 g/mol. The molecule has 1 amide bonds. The molecule has 0 atom stereocenters. The standard InChI is InChI=1S/C18H15N5O3/c1-2-13-22-16(15-12(18(25)26)9-20-17(15)23-13)10-4-3-5-11(8-10)21-14(24)6-7-19/h3-5,8-9H,2,6H2,1H3,(H,21,24)(H,25,26)(H,20,22,23). The van der Waals surface area contributed by atoms with E-state index in [0.29, 0.717) is 40.2 Å². The van der Waals surface area contributed by atoms with Crippen LogP contribution in [0.4, 0.5) is 5.69 Å². The molecule has 8 heteroatoms. The summed E-state index contributed by atoms with van der Waals surface area (Å²) in [5.41, 5.74) is 2.14. The van der Waals surface area contributed by atoms with E-state index in [-0.39, 0.29) is 12.0 Å². The molecule has 2 aromatic heterocycles. The molecular formula is C18H15N5O3. The zero-order valence-corrected chi connectivity index (χ0v) is 13.9. The SMILES string of the molecule is CCc1nc(-c2cccc(NC(=O)CC#N)c2)c2c(C(=O)O)c[nH]c2n1. The van der Waals surface area contributed by atoms with Crippen LogP contribution in [0.2, 0.25) is 0 Å². The van der Waals surface area contributed by atoms with E-state index >= 15 is 0 Å². The van der Waals surface area contributed by atoms with Crippen molar-refractivity contribution >= 4 is 28.6 Å². The number of carbonyl (C=O) groups excluding carboxylic acids is 1. The molecule has 3 aromatic rings. The Balaban J connectivity index is 2.15. The van der Waals surface area contributed by atoms with Gasteiger partial charge in [-0.25, -0.2) is 14.8 Å². The smallest absolute Gasteiger partial charge is 0.338 e. The topological polar surface area (TPSA) is 132 Å². The maximum Gasteiger partial charge on any atom is 0.338 e. The van der Waals surface area contributed by atoms with E-state index in [2.05, 4.69) is 20.3 Å². The van der Waals surface area contributed by atoms with Crippen LogP contribution in [-0.4, -0.2) is 31.9 Å². The minimum absolute atomic E-state index is 0.0802. The van der Waals surface area contributed by atoms with Gasteiger partial charge in [-0.05, 0) is 12.1 Å². The number of anilines is 1. The number of aryl methyl sites for hydroxylation is 1. The summed E-state index contributed by atoms with van der Waals surface area (Å²) in [6.07, 6.45) is 1.73. The zero-order valence-electron chi connectivity index (χ0n) is 13.9. The van der Waals surface area contributed by atoms with Crippen molar-refractivity contribution in [1.29, 1.82) is 5.26 Å². The van der Waals surface area contributed by atoms with E-state index in [9.17, 15) is 14.7 Å². The highest BCUT2D eigenvalue weighted by molar-refractivity contribution is 6.07. The predicted molar refractivity (Wildman–Crippen MR) is 94.5 cm³/mol. The van der Waals surface area contributed by atoms with Crippen molar-refractivity contribution in [2.75, 3.05) is 5.32 Å². The van der Waals surface area contributed by atoms with E-state index in [0.717, 1.165) is 0 Å². The number of carbonyl (C=O) groups is 2. The number of rotatable bonds is 5. The number of aromatic amines is 1. The summed E-state index contributed by atoms with van der Waals surface area (Å²) in [5.74, 6) is -0.923. The number of H-pyrrole nitrogens is 1. The van der Waals surface area contributed by atoms with Gasteiger partial charge in [0.05, 0.1) is 22.7 Å². The summed E-state index contributed by atoms with van der Waals surface area (Å²) < 4.78 is 0. The van der Waals surface area contributed by atoms with Gasteiger partial charge in [-0.3, -0.25) is 4.79 Å². The third-order valence-corrected chi connectivity index (χ3v) is 3.78. The number of carboxylic acid groups (broad SMARTS) is 1. The third kappa shape index (κ3) is 3.23. The first-order chi connectivity index (χ1) is 12.5. The van der Waals surface area contributed by atoms with Gasteiger partial charge in [-0.15, -0.1) is 0 Å². The van der Waals surface area contributed by atoms with Gasteiger partial charge in [0.1, 0.15) is 17.9 Å². The largest absolute Gasteiger partial charge is 0.478 e. The Bertz CT molecular complexity index is 1050. The first-order valence-corrected chi connectivity index (χ1v) is 7.92. The van der Waals surface area contributed by atoms with Crippen LogP contribution >= 0.6 is 0 Å². The van der Waals surface area contributed by atoms with Gasteiger partial charge in [0.2, 0.25) is 5.91 Å². The average Bonchev–Trinajstić information content (AvgIpc) is 3.05. The molecule has 26 heavy (non-hydrogen) atoms. The molecule has 0 unspecified atom stereocenters. The van der Waals surface area contributed by atoms with Crippen LogP contribution in [0.3, 0.4) is 0 Å². The fraction of sp³-hybridized carbons (Fsp3) is 0.167. The van der Waals surface area contributed by atoms with Crippen LogP contribution in [0, 0.1) is 11.3 Å². The molecule has 0 fully saturated rings. The van der Waals surface area contributed by atoms with Gasteiger partial charge >= 0.3 is 5.97 Å². The average molecular weight is 349 g/mol. The van der Waals surface area contributed by atoms with Gasteiger partial charge in [0, 0.05) is 23.9 Å². The van der Waals surface area contributed by atoms with E-state index < -0.39 is 11.9 Å². The van der Waals surface area contributed by atoms with Crippen molar-refractivity contribution < 1.29 is 14.7 Å². The monoisotopic (exact) mass is 349 g/mol. The number of nitrogens with one attached hydrogen (secondary N) is 2. The molecule has 3 rings (SSSR count). The highest BCUT2D eigenvalue weighted by Crippen LogP contribution is 2.30. The quantitative estimate of drug-likeness (QED) is 0.649. The maximum atomic E-state index is 11.6. The molecule has 8 nitrogen and oxygen atoms in total. The van der Waals surface area contributed by atoms with Crippen molar-refractivity contribution in [3.63, 3.8) is 0 Å². The van der Waals surface area contributed by atoms with Crippen molar-refractivity contribution in [2.45, 2.75) is 19.8 Å². The summed E-state index contributed by atoms with van der Waals surface area (Å²) in [7, 11) is 0. The second-order valence-electron chi connectivity index (χ2n) is 5.54. The lowest BCUT2D eigenvalue weighted by atomic mass is 10.1. The number of benzene rings is 1.